The van der Waals surface area contributed by atoms with Crippen molar-refractivity contribution < 1.29 is 28.9 Å². The molecular weight excluding hydrogens is 324 g/mol. The maximum absolute atomic E-state index is 10.5. The molecule has 0 aliphatic carbocycles. The van der Waals surface area contributed by atoms with E-state index in [0.29, 0.717) is 12.4 Å². The summed E-state index contributed by atoms with van der Waals surface area (Å²) in [5.41, 5.74) is 1.61. The first-order valence-corrected chi connectivity index (χ1v) is 8.08. The monoisotopic (exact) mass is 346 g/mol. The molecule has 1 aromatic carbocycles. The van der Waals surface area contributed by atoms with E-state index >= 15 is 0 Å². The highest BCUT2D eigenvalue weighted by Crippen LogP contribution is 2.29. The third-order valence-corrected chi connectivity index (χ3v) is 3.18. The minimum absolute atomic E-state index is 0.117. The predicted octanol–water partition coefficient (Wildman–Crippen LogP) is 4.54. The van der Waals surface area contributed by atoms with Crippen LogP contribution in [0, 0.1) is 0 Å². The largest absolute Gasteiger partial charge is 0.507 e. The molecule has 134 valence electrons. The summed E-state index contributed by atoms with van der Waals surface area (Å²) >= 11 is 0. The van der Waals surface area contributed by atoms with Crippen molar-refractivity contribution in [2.24, 2.45) is 0 Å². The van der Waals surface area contributed by atoms with E-state index < -0.39 is 5.97 Å². The van der Waals surface area contributed by atoms with E-state index in [2.05, 4.69) is 0 Å². The third-order valence-electron chi connectivity index (χ3n) is 3.18. The number of benzene rings is 2. The van der Waals surface area contributed by atoms with Gasteiger partial charge in [-0.3, -0.25) is 0 Å². The molecule has 0 spiro atoms. The lowest BCUT2D eigenvalue weighted by atomic mass is 10.2. The number of ether oxygens (including phenoxy) is 2. The van der Waals surface area contributed by atoms with Crippen LogP contribution in [0.1, 0.15) is 37.6 Å². The standard InChI is InChI=1S/C10H12O4.C9H10O2/c1-2-5-14-7-3-4-8(10(12)13)9(11)6-7;1-6(2)10-9-5-7-3-4-8(9)11-7/h3-4,6,11H,2,5H2,1H3,(H,12,13);3-6H,1-2H3. The Morgan fingerprint density at radius 2 is 1.96 bits per heavy atom. The highest BCUT2D eigenvalue weighted by Gasteiger charge is 2.10. The zero-order valence-electron chi connectivity index (χ0n) is 14.5. The van der Waals surface area contributed by atoms with Gasteiger partial charge in [-0.15, -0.1) is 0 Å². The Labute approximate surface area is 145 Å². The number of hydrogen-bond donors (Lipinski definition) is 2. The normalized spacial score (nSPS) is 10.6. The lowest BCUT2D eigenvalue weighted by molar-refractivity contribution is 0.0693. The Morgan fingerprint density at radius 1 is 1.20 bits per heavy atom. The minimum Gasteiger partial charge on any atom is -0.507 e. The molecule has 6 nitrogen and oxygen atoms in total. The molecular formula is C19H22O6. The molecule has 2 aromatic heterocycles. The van der Waals surface area contributed by atoms with Crippen molar-refractivity contribution in [3.63, 3.8) is 0 Å². The Morgan fingerprint density at radius 3 is 2.44 bits per heavy atom. The molecule has 0 aliphatic rings. The Hall–Kier alpha value is -2.89. The summed E-state index contributed by atoms with van der Waals surface area (Å²) in [5.74, 6) is -0.0810. The molecule has 0 atom stereocenters. The summed E-state index contributed by atoms with van der Waals surface area (Å²) in [6.45, 7) is 6.51. The number of furan rings is 2. The number of aromatic carboxylic acids is 1. The first-order chi connectivity index (χ1) is 11.9. The van der Waals surface area contributed by atoms with Gasteiger partial charge in [0.25, 0.3) is 0 Å². The molecule has 0 fully saturated rings. The molecule has 2 N–H and O–H groups in total. The van der Waals surface area contributed by atoms with E-state index in [9.17, 15) is 9.90 Å². The number of fused-ring (bicyclic) bond motifs is 2. The molecule has 0 radical (unpaired) electrons. The number of hydrogen-bond acceptors (Lipinski definition) is 5. The van der Waals surface area contributed by atoms with E-state index in [-0.39, 0.29) is 17.4 Å². The van der Waals surface area contributed by atoms with Crippen LogP contribution in [0.4, 0.5) is 0 Å². The van der Waals surface area contributed by atoms with Crippen molar-refractivity contribution in [2.45, 2.75) is 33.3 Å². The van der Waals surface area contributed by atoms with Crippen molar-refractivity contribution in [2.75, 3.05) is 6.61 Å². The van der Waals surface area contributed by atoms with Gasteiger partial charge in [0, 0.05) is 12.1 Å². The fourth-order valence-corrected chi connectivity index (χ4v) is 2.11. The lowest BCUT2D eigenvalue weighted by Gasteiger charge is -2.06. The number of phenols is 1. The fraction of sp³-hybridized carbons (Fsp3) is 0.316. The SMILES string of the molecule is CC(C)Oc1cc2ccc1o2.CCCOc1ccc(C(=O)O)c(O)c1. The summed E-state index contributed by atoms with van der Waals surface area (Å²) in [7, 11) is 0. The van der Waals surface area contributed by atoms with Crippen LogP contribution in [0.3, 0.4) is 0 Å². The van der Waals surface area contributed by atoms with Gasteiger partial charge in [-0.2, -0.15) is 0 Å². The van der Waals surface area contributed by atoms with Gasteiger partial charge in [0.1, 0.15) is 22.6 Å². The first kappa shape index (κ1) is 18.4. The zero-order valence-corrected chi connectivity index (χ0v) is 14.5. The van der Waals surface area contributed by atoms with Gasteiger partial charge in [-0.05, 0) is 44.5 Å². The smallest absolute Gasteiger partial charge is 0.339 e. The van der Waals surface area contributed by atoms with Crippen molar-refractivity contribution in [3.05, 3.63) is 42.0 Å². The molecule has 25 heavy (non-hydrogen) atoms. The second-order valence-electron chi connectivity index (χ2n) is 5.71. The molecule has 0 saturated carbocycles. The quantitative estimate of drug-likeness (QED) is 0.681. The summed E-state index contributed by atoms with van der Waals surface area (Å²) in [4.78, 5) is 10.5. The average molecular weight is 346 g/mol. The fourth-order valence-electron chi connectivity index (χ4n) is 2.11. The van der Waals surface area contributed by atoms with Gasteiger partial charge >= 0.3 is 5.97 Å². The van der Waals surface area contributed by atoms with E-state index in [0.717, 1.165) is 23.3 Å². The molecule has 3 rings (SSSR count). The van der Waals surface area contributed by atoms with Crippen LogP contribution in [0.5, 0.6) is 17.2 Å². The second-order valence-corrected chi connectivity index (χ2v) is 5.71. The molecule has 0 unspecified atom stereocenters. The molecule has 2 heterocycles. The summed E-state index contributed by atoms with van der Waals surface area (Å²) in [6, 6.07) is 9.92. The second kappa shape index (κ2) is 8.28. The molecule has 0 aliphatic heterocycles. The Balaban J connectivity index is 0.000000185. The minimum atomic E-state index is -1.15. The molecule has 2 bridgehead atoms. The van der Waals surface area contributed by atoms with Gasteiger partial charge in [0.15, 0.2) is 11.3 Å². The van der Waals surface area contributed by atoms with E-state index in [4.69, 9.17) is 19.0 Å². The zero-order chi connectivity index (χ0) is 18.4. The lowest BCUT2D eigenvalue weighted by Crippen LogP contribution is -2.04. The van der Waals surface area contributed by atoms with Crippen LogP contribution in [-0.2, 0) is 0 Å². The Bertz CT molecular complexity index is 805. The van der Waals surface area contributed by atoms with Crippen LogP contribution in [-0.4, -0.2) is 28.9 Å². The van der Waals surface area contributed by atoms with Gasteiger partial charge < -0.3 is 24.1 Å². The summed E-state index contributed by atoms with van der Waals surface area (Å²) < 4.78 is 16.0. The van der Waals surface area contributed by atoms with Gasteiger partial charge in [-0.1, -0.05) is 6.92 Å². The van der Waals surface area contributed by atoms with Crippen LogP contribution >= 0.6 is 0 Å². The van der Waals surface area contributed by atoms with E-state index in [1.807, 2.05) is 39.0 Å². The number of carbonyl (C=O) groups is 1. The number of rotatable bonds is 6. The summed E-state index contributed by atoms with van der Waals surface area (Å²) in [6.07, 6.45) is 1.08. The van der Waals surface area contributed by atoms with Crippen LogP contribution < -0.4 is 9.47 Å². The highest BCUT2D eigenvalue weighted by molar-refractivity contribution is 5.90. The maximum Gasteiger partial charge on any atom is 0.339 e. The summed E-state index contributed by atoms with van der Waals surface area (Å²) in [5, 5.41) is 17.9. The van der Waals surface area contributed by atoms with E-state index in [1.165, 1.54) is 18.2 Å². The van der Waals surface area contributed by atoms with Gasteiger partial charge in [-0.25, -0.2) is 4.79 Å². The molecule has 3 aromatic rings. The molecule has 6 heteroatoms. The average Bonchev–Trinajstić information content (AvgIpc) is 3.15. The predicted molar refractivity (Wildman–Crippen MR) is 94.0 cm³/mol. The van der Waals surface area contributed by atoms with E-state index in [1.54, 1.807) is 0 Å². The third kappa shape index (κ3) is 5.04. The maximum atomic E-state index is 10.5. The van der Waals surface area contributed by atoms with Crippen molar-refractivity contribution in [1.29, 1.82) is 0 Å². The molecule has 0 amide bonds. The van der Waals surface area contributed by atoms with Crippen molar-refractivity contribution >= 4 is 17.1 Å². The molecule has 0 saturated heterocycles. The number of aromatic hydroxyl groups is 1. The number of carboxylic acid groups (broad SMARTS) is 1. The van der Waals surface area contributed by atoms with Crippen LogP contribution in [0.15, 0.2) is 40.8 Å². The highest BCUT2D eigenvalue weighted by atomic mass is 16.5. The topological polar surface area (TPSA) is 89.1 Å². The first-order valence-electron chi connectivity index (χ1n) is 8.08. The number of carboxylic acids is 1. The van der Waals surface area contributed by atoms with Crippen molar-refractivity contribution in [1.82, 2.24) is 0 Å². The van der Waals surface area contributed by atoms with Gasteiger partial charge in [0.2, 0.25) is 0 Å². The Kier molecular flexibility index (Phi) is 6.11. The van der Waals surface area contributed by atoms with Gasteiger partial charge in [0.05, 0.1) is 12.7 Å². The van der Waals surface area contributed by atoms with Crippen molar-refractivity contribution in [3.8, 4) is 17.2 Å². The van der Waals surface area contributed by atoms with Crippen LogP contribution in [0.2, 0.25) is 0 Å². The van der Waals surface area contributed by atoms with Crippen LogP contribution in [0.25, 0.3) is 11.2 Å².